The van der Waals surface area contributed by atoms with Crippen molar-refractivity contribution in [1.29, 1.82) is 0 Å². The fraction of sp³-hybridized carbons (Fsp3) is 0.333. The second-order valence-corrected chi connectivity index (χ2v) is 8.31. The van der Waals surface area contributed by atoms with Crippen LogP contribution in [-0.2, 0) is 16.6 Å². The number of carbonyl (C=O) groups excluding carboxylic acids is 1. The van der Waals surface area contributed by atoms with Gasteiger partial charge in [-0.15, -0.1) is 0 Å². The molecule has 9 heteroatoms. The zero-order valence-corrected chi connectivity index (χ0v) is 16.3. The third kappa shape index (κ3) is 4.55. The molecule has 1 aromatic heterocycles. The lowest BCUT2D eigenvalue weighted by Gasteiger charge is -2.21. The topological polar surface area (TPSA) is 117 Å². The van der Waals surface area contributed by atoms with Crippen molar-refractivity contribution in [3.05, 3.63) is 53.0 Å². The van der Waals surface area contributed by atoms with E-state index in [-0.39, 0.29) is 34.4 Å². The molecular formula is C18H22N2O6S. The molecular weight excluding hydrogens is 372 g/mol. The Kier molecular flexibility index (Phi) is 6.07. The molecule has 2 aromatic rings. The smallest absolute Gasteiger partial charge is 0.339 e. The Balaban J connectivity index is 2.16. The number of benzene rings is 1. The number of hydrogen-bond donors (Lipinski definition) is 2. The number of carbonyl (C=O) groups is 2. The highest BCUT2D eigenvalue weighted by molar-refractivity contribution is 7.89. The van der Waals surface area contributed by atoms with Crippen molar-refractivity contribution in [2.75, 3.05) is 7.05 Å². The number of furan rings is 1. The van der Waals surface area contributed by atoms with Crippen molar-refractivity contribution in [2.24, 2.45) is 0 Å². The maximum absolute atomic E-state index is 12.6. The summed E-state index contributed by atoms with van der Waals surface area (Å²) in [6.45, 7) is 5.01. The Morgan fingerprint density at radius 3 is 2.48 bits per heavy atom. The normalized spacial score (nSPS) is 11.8. The second-order valence-electron chi connectivity index (χ2n) is 6.31. The van der Waals surface area contributed by atoms with Gasteiger partial charge in [-0.05, 0) is 45.0 Å². The standard InChI is InChI=1S/C18H22N2O6S/c1-11(2)20(4)27(24,25)15-7-5-6-13(8-15)17(21)19-10-14-9-16(18(22)23)12(3)26-14/h5-9,11H,10H2,1-4H3,(H,19,21)(H,22,23). The third-order valence-electron chi connectivity index (χ3n) is 4.12. The lowest BCUT2D eigenvalue weighted by molar-refractivity contribution is 0.0694. The molecule has 0 atom stereocenters. The number of aromatic carboxylic acids is 1. The molecule has 0 aliphatic rings. The summed E-state index contributed by atoms with van der Waals surface area (Å²) in [5.74, 6) is -1.07. The number of nitrogens with zero attached hydrogens (tertiary/aromatic N) is 1. The van der Waals surface area contributed by atoms with E-state index >= 15 is 0 Å². The Hall–Kier alpha value is -2.65. The van der Waals surface area contributed by atoms with Gasteiger partial charge in [0.15, 0.2) is 0 Å². The summed E-state index contributed by atoms with van der Waals surface area (Å²) in [5.41, 5.74) is 0.207. The molecule has 0 saturated heterocycles. The van der Waals surface area contributed by atoms with Gasteiger partial charge in [0, 0.05) is 18.7 Å². The molecule has 0 spiro atoms. The number of amides is 1. The monoisotopic (exact) mass is 394 g/mol. The largest absolute Gasteiger partial charge is 0.478 e. The van der Waals surface area contributed by atoms with E-state index in [0.29, 0.717) is 5.76 Å². The Labute approximate surface area is 157 Å². The number of hydrogen-bond acceptors (Lipinski definition) is 5. The van der Waals surface area contributed by atoms with Gasteiger partial charge < -0.3 is 14.8 Å². The van der Waals surface area contributed by atoms with E-state index in [1.54, 1.807) is 13.8 Å². The van der Waals surface area contributed by atoms with Gasteiger partial charge in [0.1, 0.15) is 17.1 Å². The van der Waals surface area contributed by atoms with Crippen LogP contribution in [0.2, 0.25) is 0 Å². The van der Waals surface area contributed by atoms with Crippen LogP contribution in [-0.4, -0.2) is 42.8 Å². The van der Waals surface area contributed by atoms with Crippen LogP contribution in [0.4, 0.5) is 0 Å². The molecule has 1 amide bonds. The van der Waals surface area contributed by atoms with Gasteiger partial charge >= 0.3 is 5.97 Å². The molecule has 1 aromatic carbocycles. The second kappa shape index (κ2) is 7.93. The molecule has 0 radical (unpaired) electrons. The minimum absolute atomic E-state index is 0.0180. The van der Waals surface area contributed by atoms with E-state index in [2.05, 4.69) is 5.32 Å². The van der Waals surface area contributed by atoms with Crippen molar-refractivity contribution in [3.8, 4) is 0 Å². The van der Waals surface area contributed by atoms with Gasteiger partial charge in [0.2, 0.25) is 10.0 Å². The van der Waals surface area contributed by atoms with Crippen molar-refractivity contribution < 1.29 is 27.5 Å². The van der Waals surface area contributed by atoms with E-state index in [9.17, 15) is 18.0 Å². The first-order valence-corrected chi connectivity index (χ1v) is 9.67. The molecule has 1 heterocycles. The number of sulfonamides is 1. The summed E-state index contributed by atoms with van der Waals surface area (Å²) in [6.07, 6.45) is 0. The minimum atomic E-state index is -3.70. The van der Waals surface area contributed by atoms with Gasteiger partial charge in [-0.2, -0.15) is 4.31 Å². The van der Waals surface area contributed by atoms with Crippen molar-refractivity contribution in [2.45, 2.75) is 38.3 Å². The first-order chi connectivity index (χ1) is 12.5. The number of nitrogens with one attached hydrogen (secondary N) is 1. The van der Waals surface area contributed by atoms with Crippen LogP contribution in [0.3, 0.4) is 0 Å². The van der Waals surface area contributed by atoms with E-state index in [1.165, 1.54) is 48.6 Å². The van der Waals surface area contributed by atoms with Crippen LogP contribution < -0.4 is 5.32 Å². The van der Waals surface area contributed by atoms with E-state index in [4.69, 9.17) is 9.52 Å². The quantitative estimate of drug-likeness (QED) is 0.744. The molecule has 0 aliphatic heterocycles. The predicted molar refractivity (Wildman–Crippen MR) is 98.1 cm³/mol. The Morgan fingerprint density at radius 1 is 1.26 bits per heavy atom. The van der Waals surface area contributed by atoms with Gasteiger partial charge in [0.05, 0.1) is 11.4 Å². The summed E-state index contributed by atoms with van der Waals surface area (Å²) in [6, 6.07) is 6.85. The molecule has 0 aliphatic carbocycles. The van der Waals surface area contributed by atoms with E-state index < -0.39 is 21.9 Å². The summed E-state index contributed by atoms with van der Waals surface area (Å²) in [4.78, 5) is 23.4. The first-order valence-electron chi connectivity index (χ1n) is 8.23. The van der Waals surface area contributed by atoms with Crippen LogP contribution >= 0.6 is 0 Å². The molecule has 0 fully saturated rings. The SMILES string of the molecule is Cc1oc(CNC(=O)c2cccc(S(=O)(=O)N(C)C(C)C)c2)cc1C(=O)O. The zero-order valence-electron chi connectivity index (χ0n) is 15.5. The lowest BCUT2D eigenvalue weighted by Crippen LogP contribution is -2.33. The molecule has 8 nitrogen and oxygen atoms in total. The fourth-order valence-electron chi connectivity index (χ4n) is 2.35. The highest BCUT2D eigenvalue weighted by Gasteiger charge is 2.24. The lowest BCUT2D eigenvalue weighted by atomic mass is 10.2. The van der Waals surface area contributed by atoms with Crippen LogP contribution in [0.25, 0.3) is 0 Å². The molecule has 146 valence electrons. The van der Waals surface area contributed by atoms with Gasteiger partial charge in [0.25, 0.3) is 5.91 Å². The Morgan fingerprint density at radius 2 is 1.93 bits per heavy atom. The van der Waals surface area contributed by atoms with Crippen LogP contribution in [0.1, 0.15) is 46.1 Å². The zero-order chi connectivity index (χ0) is 20.4. The van der Waals surface area contributed by atoms with E-state index in [0.717, 1.165) is 0 Å². The molecule has 2 N–H and O–H groups in total. The van der Waals surface area contributed by atoms with Crippen molar-refractivity contribution in [1.82, 2.24) is 9.62 Å². The highest BCUT2D eigenvalue weighted by atomic mass is 32.2. The molecule has 0 bridgehead atoms. The minimum Gasteiger partial charge on any atom is -0.478 e. The van der Waals surface area contributed by atoms with Gasteiger partial charge in [-0.1, -0.05) is 6.07 Å². The van der Waals surface area contributed by atoms with Crippen LogP contribution in [0, 0.1) is 6.92 Å². The van der Waals surface area contributed by atoms with Gasteiger partial charge in [-0.25, -0.2) is 13.2 Å². The predicted octanol–water partition coefficient (Wildman–Crippen LogP) is 2.25. The third-order valence-corrected chi connectivity index (χ3v) is 6.15. The molecule has 27 heavy (non-hydrogen) atoms. The number of carboxylic acid groups (broad SMARTS) is 1. The summed E-state index contributed by atoms with van der Waals surface area (Å²) in [7, 11) is -2.23. The maximum Gasteiger partial charge on any atom is 0.339 e. The number of rotatable bonds is 7. The van der Waals surface area contributed by atoms with Crippen LogP contribution in [0.5, 0.6) is 0 Å². The summed E-state index contributed by atoms with van der Waals surface area (Å²) in [5, 5.41) is 11.6. The maximum atomic E-state index is 12.6. The highest BCUT2D eigenvalue weighted by Crippen LogP contribution is 2.18. The van der Waals surface area contributed by atoms with E-state index in [1.807, 2.05) is 0 Å². The molecule has 2 rings (SSSR count). The molecule has 0 unspecified atom stereocenters. The first kappa shape index (κ1) is 20.7. The number of carboxylic acids is 1. The Bertz CT molecular complexity index is 962. The summed E-state index contributed by atoms with van der Waals surface area (Å²) >= 11 is 0. The van der Waals surface area contributed by atoms with Gasteiger partial charge in [-0.3, -0.25) is 4.79 Å². The van der Waals surface area contributed by atoms with Crippen molar-refractivity contribution in [3.63, 3.8) is 0 Å². The fourth-order valence-corrected chi connectivity index (χ4v) is 3.77. The average Bonchev–Trinajstić information content (AvgIpc) is 3.00. The van der Waals surface area contributed by atoms with Crippen LogP contribution in [0.15, 0.2) is 39.6 Å². The average molecular weight is 394 g/mol. The van der Waals surface area contributed by atoms with Crippen molar-refractivity contribution >= 4 is 21.9 Å². The number of aryl methyl sites for hydroxylation is 1. The summed E-state index contributed by atoms with van der Waals surface area (Å²) < 4.78 is 31.6. The molecule has 0 saturated carbocycles.